The highest BCUT2D eigenvalue weighted by Gasteiger charge is 2.19. The van der Waals surface area contributed by atoms with Gasteiger partial charge < -0.3 is 8.98 Å². The van der Waals surface area contributed by atoms with Gasteiger partial charge in [0, 0.05) is 43.9 Å². The maximum atomic E-state index is 6.72. The second kappa shape index (κ2) is 13.0. The fraction of sp³-hybridized carbons (Fsp3) is 0. The molecule has 0 saturated heterocycles. The lowest BCUT2D eigenvalue weighted by molar-refractivity contribution is 0.669. The number of rotatable bonds is 6. The van der Waals surface area contributed by atoms with E-state index in [1.54, 1.807) is 0 Å². The van der Waals surface area contributed by atoms with E-state index < -0.39 is 0 Å². The molecule has 0 radical (unpaired) electrons. The number of para-hydroxylation sites is 2. The number of benzene rings is 8. The third kappa shape index (κ3) is 5.37. The minimum absolute atomic E-state index is 0.576. The molecule has 262 valence electrons. The average molecular weight is 717 g/mol. The molecule has 5 nitrogen and oxygen atoms in total. The van der Waals surface area contributed by atoms with Gasteiger partial charge in [-0.15, -0.1) is 0 Å². The van der Waals surface area contributed by atoms with Gasteiger partial charge in [0.25, 0.3) is 0 Å². The zero-order chi connectivity index (χ0) is 37.0. The Morgan fingerprint density at radius 3 is 1.52 bits per heavy atom. The summed E-state index contributed by atoms with van der Waals surface area (Å²) in [4.78, 5) is 15.3. The molecular weight excluding hydrogens is 685 g/mol. The molecule has 0 saturated carbocycles. The van der Waals surface area contributed by atoms with Crippen molar-refractivity contribution in [1.29, 1.82) is 0 Å². The van der Waals surface area contributed by atoms with Crippen LogP contribution in [0.5, 0.6) is 0 Å². The van der Waals surface area contributed by atoms with Crippen LogP contribution in [0.25, 0.3) is 106 Å². The fourth-order valence-electron chi connectivity index (χ4n) is 8.02. The molecule has 8 aromatic carbocycles. The van der Waals surface area contributed by atoms with Crippen LogP contribution >= 0.6 is 0 Å². The molecular formula is C51H32N4O. The first-order valence-electron chi connectivity index (χ1n) is 18.8. The molecule has 0 spiro atoms. The van der Waals surface area contributed by atoms with Crippen molar-refractivity contribution in [3.05, 3.63) is 194 Å². The molecule has 11 rings (SSSR count). The lowest BCUT2D eigenvalue weighted by atomic mass is 9.94. The molecule has 0 atom stereocenters. The van der Waals surface area contributed by atoms with Crippen molar-refractivity contribution in [1.82, 2.24) is 19.5 Å². The molecule has 0 unspecified atom stereocenters. The van der Waals surface area contributed by atoms with Gasteiger partial charge in [0.05, 0.1) is 11.0 Å². The Labute approximate surface area is 322 Å². The van der Waals surface area contributed by atoms with Crippen molar-refractivity contribution in [3.63, 3.8) is 0 Å². The number of hydrogen-bond acceptors (Lipinski definition) is 4. The molecule has 0 aliphatic rings. The smallest absolute Gasteiger partial charge is 0.164 e. The van der Waals surface area contributed by atoms with E-state index in [4.69, 9.17) is 19.4 Å². The Morgan fingerprint density at radius 2 is 0.857 bits per heavy atom. The SMILES string of the molecule is c1ccc(-c2cc(-c3ccccc3)c3c(c2)oc2cc(-c4nc(-c5ccccc5)nc(-c5cccc(-n6c7ccccc7c7ccccc76)c5)n4)ccc23)cc1. The quantitative estimate of drug-likeness (QED) is 0.172. The van der Waals surface area contributed by atoms with Crippen molar-refractivity contribution >= 4 is 43.7 Å². The van der Waals surface area contributed by atoms with Gasteiger partial charge in [-0.3, -0.25) is 0 Å². The second-order valence-electron chi connectivity index (χ2n) is 14.0. The largest absolute Gasteiger partial charge is 0.456 e. The van der Waals surface area contributed by atoms with E-state index in [9.17, 15) is 0 Å². The first-order valence-corrected chi connectivity index (χ1v) is 18.8. The van der Waals surface area contributed by atoms with Crippen LogP contribution in [0.4, 0.5) is 0 Å². The van der Waals surface area contributed by atoms with Crippen molar-refractivity contribution in [2.45, 2.75) is 0 Å². The number of hydrogen-bond donors (Lipinski definition) is 0. The van der Waals surface area contributed by atoms with Crippen LogP contribution in [-0.2, 0) is 0 Å². The normalized spacial score (nSPS) is 11.6. The van der Waals surface area contributed by atoms with Crippen LogP contribution < -0.4 is 0 Å². The summed E-state index contributed by atoms with van der Waals surface area (Å²) in [6, 6.07) is 67.4. The lowest BCUT2D eigenvalue weighted by Crippen LogP contribution is -2.01. The average Bonchev–Trinajstić information content (AvgIpc) is 3.82. The summed E-state index contributed by atoms with van der Waals surface area (Å²) in [6.45, 7) is 0. The van der Waals surface area contributed by atoms with Crippen molar-refractivity contribution in [2.24, 2.45) is 0 Å². The summed E-state index contributed by atoms with van der Waals surface area (Å²) in [6.07, 6.45) is 0. The topological polar surface area (TPSA) is 56.7 Å². The summed E-state index contributed by atoms with van der Waals surface area (Å²) >= 11 is 0. The molecule has 11 aromatic rings. The Hall–Kier alpha value is -7.63. The van der Waals surface area contributed by atoms with Gasteiger partial charge in [-0.05, 0) is 70.8 Å². The van der Waals surface area contributed by atoms with E-state index in [0.717, 1.165) is 77.6 Å². The van der Waals surface area contributed by atoms with E-state index in [1.807, 2.05) is 36.4 Å². The predicted molar refractivity (Wildman–Crippen MR) is 229 cm³/mol. The van der Waals surface area contributed by atoms with Crippen LogP contribution in [0.1, 0.15) is 0 Å². The maximum Gasteiger partial charge on any atom is 0.164 e. The highest BCUT2D eigenvalue weighted by molar-refractivity contribution is 6.14. The lowest BCUT2D eigenvalue weighted by Gasteiger charge is -2.11. The second-order valence-corrected chi connectivity index (χ2v) is 14.0. The van der Waals surface area contributed by atoms with Crippen LogP contribution in [0.15, 0.2) is 199 Å². The van der Waals surface area contributed by atoms with Crippen molar-refractivity contribution < 1.29 is 4.42 Å². The third-order valence-corrected chi connectivity index (χ3v) is 10.6. The molecule has 0 aliphatic heterocycles. The summed E-state index contributed by atoms with van der Waals surface area (Å²) in [5.74, 6) is 1.78. The van der Waals surface area contributed by atoms with E-state index in [-0.39, 0.29) is 0 Å². The Kier molecular flexibility index (Phi) is 7.42. The van der Waals surface area contributed by atoms with Gasteiger partial charge >= 0.3 is 0 Å². The molecule has 0 amide bonds. The summed E-state index contributed by atoms with van der Waals surface area (Å²) in [7, 11) is 0. The van der Waals surface area contributed by atoms with Crippen molar-refractivity contribution in [3.8, 4) is 62.1 Å². The maximum absolute atomic E-state index is 6.72. The van der Waals surface area contributed by atoms with Gasteiger partial charge in [0.2, 0.25) is 0 Å². The minimum Gasteiger partial charge on any atom is -0.456 e. The van der Waals surface area contributed by atoms with E-state index in [2.05, 4.69) is 162 Å². The zero-order valence-corrected chi connectivity index (χ0v) is 30.2. The van der Waals surface area contributed by atoms with Gasteiger partial charge in [-0.1, -0.05) is 146 Å². The third-order valence-electron chi connectivity index (χ3n) is 10.6. The zero-order valence-electron chi connectivity index (χ0n) is 30.2. The minimum atomic E-state index is 0.576. The first-order chi connectivity index (χ1) is 27.7. The molecule has 56 heavy (non-hydrogen) atoms. The molecule has 3 heterocycles. The Balaban J connectivity index is 1.08. The molecule has 0 fully saturated rings. The fourth-order valence-corrected chi connectivity index (χ4v) is 8.02. The highest BCUT2D eigenvalue weighted by Crippen LogP contribution is 2.41. The number of fused-ring (bicyclic) bond motifs is 6. The molecule has 0 aliphatic carbocycles. The number of nitrogens with zero attached hydrogens (tertiary/aromatic N) is 4. The van der Waals surface area contributed by atoms with Crippen LogP contribution in [0.2, 0.25) is 0 Å². The molecule has 0 N–H and O–H groups in total. The van der Waals surface area contributed by atoms with Gasteiger partial charge in [0.15, 0.2) is 17.5 Å². The monoisotopic (exact) mass is 716 g/mol. The standard InChI is InChI=1S/C51H32N4O/c1-4-15-33(16-5-1)38-30-43(34-17-6-2-7-18-34)48-42-28-27-37(31-46(42)56-47(48)32-38)51-53-49(35-19-8-3-9-20-35)52-50(54-51)36-21-14-22-39(29-36)55-44-25-12-10-23-40(44)41-24-11-13-26-45(41)55/h1-32H. The summed E-state index contributed by atoms with van der Waals surface area (Å²) in [5.41, 5.74) is 12.1. The van der Waals surface area contributed by atoms with Crippen molar-refractivity contribution in [2.75, 3.05) is 0 Å². The molecule has 0 bridgehead atoms. The van der Waals surface area contributed by atoms with Gasteiger partial charge in [-0.2, -0.15) is 0 Å². The van der Waals surface area contributed by atoms with Crippen LogP contribution in [0.3, 0.4) is 0 Å². The highest BCUT2D eigenvalue weighted by atomic mass is 16.3. The Morgan fingerprint density at radius 1 is 0.339 bits per heavy atom. The van der Waals surface area contributed by atoms with E-state index in [1.165, 1.54) is 10.8 Å². The van der Waals surface area contributed by atoms with Gasteiger partial charge in [-0.25, -0.2) is 15.0 Å². The predicted octanol–water partition coefficient (Wildman–Crippen LogP) is 13.2. The van der Waals surface area contributed by atoms with E-state index in [0.29, 0.717) is 17.5 Å². The summed E-state index contributed by atoms with van der Waals surface area (Å²) < 4.78 is 9.04. The van der Waals surface area contributed by atoms with Crippen LogP contribution in [0, 0.1) is 0 Å². The first kappa shape index (κ1) is 31.9. The molecule has 5 heteroatoms. The number of aromatic nitrogens is 4. The molecule has 3 aromatic heterocycles. The van der Waals surface area contributed by atoms with E-state index >= 15 is 0 Å². The summed E-state index contributed by atoms with van der Waals surface area (Å²) in [5, 5.41) is 4.56. The number of furan rings is 1. The Bertz CT molecular complexity index is 3190. The van der Waals surface area contributed by atoms with Gasteiger partial charge in [0.1, 0.15) is 11.2 Å². The van der Waals surface area contributed by atoms with Crippen LogP contribution in [-0.4, -0.2) is 19.5 Å².